The molecule has 10 nitrogen and oxygen atoms in total. The Balaban J connectivity index is 1.35. The molecular weight excluding hydrogens is 554 g/mol. The normalized spacial score (nSPS) is 11.3. The molecule has 1 unspecified atom stereocenters. The number of aromatic nitrogens is 1. The maximum absolute atomic E-state index is 12.7. The molecule has 204 valence electrons. The van der Waals surface area contributed by atoms with Gasteiger partial charge in [-0.1, -0.05) is 0 Å². The first kappa shape index (κ1) is 28.3. The zero-order valence-electron chi connectivity index (χ0n) is 21.2. The number of nitrogens with one attached hydrogen (secondary N) is 2. The maximum atomic E-state index is 12.7. The van der Waals surface area contributed by atoms with Crippen LogP contribution in [0.5, 0.6) is 5.75 Å². The maximum Gasteiger partial charge on any atom is 0.336 e. The summed E-state index contributed by atoms with van der Waals surface area (Å²) in [6.45, 7) is 1.77. The van der Waals surface area contributed by atoms with Crippen LogP contribution in [0.3, 0.4) is 0 Å². The minimum absolute atomic E-state index is 0.168. The van der Waals surface area contributed by atoms with E-state index < -0.39 is 28.7 Å². The van der Waals surface area contributed by atoms with Crippen LogP contribution in [0, 0.1) is 0 Å². The van der Waals surface area contributed by atoms with Gasteiger partial charge in [0.15, 0.2) is 5.13 Å². The highest BCUT2D eigenvalue weighted by Gasteiger charge is 2.20. The minimum Gasteiger partial charge on any atom is -0.497 e. The van der Waals surface area contributed by atoms with Crippen molar-refractivity contribution in [3.05, 3.63) is 88.8 Å². The third kappa shape index (κ3) is 6.84. The van der Waals surface area contributed by atoms with E-state index in [1.165, 1.54) is 29.2 Å². The Hall–Kier alpha value is -4.68. The van der Waals surface area contributed by atoms with Crippen LogP contribution in [0.25, 0.3) is 11.3 Å². The van der Waals surface area contributed by atoms with Crippen molar-refractivity contribution < 1.29 is 34.1 Å². The van der Waals surface area contributed by atoms with E-state index in [9.17, 15) is 24.3 Å². The fourth-order valence-corrected chi connectivity index (χ4v) is 5.15. The first-order chi connectivity index (χ1) is 19.1. The molecule has 4 rings (SSSR count). The molecule has 1 aromatic heterocycles. The molecule has 0 saturated heterocycles. The topological polar surface area (TPSA) is 155 Å². The Morgan fingerprint density at radius 3 is 2.23 bits per heavy atom. The van der Waals surface area contributed by atoms with E-state index >= 15 is 0 Å². The van der Waals surface area contributed by atoms with E-state index in [1.807, 2.05) is 29.6 Å². The molecule has 40 heavy (non-hydrogen) atoms. The third-order valence-electron chi connectivity index (χ3n) is 5.66. The first-order valence-electron chi connectivity index (χ1n) is 11.7. The number of thiazole rings is 1. The molecule has 1 atom stereocenters. The number of aromatic carboxylic acids is 2. The lowest BCUT2D eigenvalue weighted by molar-refractivity contribution is -0.115. The van der Waals surface area contributed by atoms with Crippen LogP contribution < -0.4 is 15.4 Å². The molecule has 0 aliphatic carbocycles. The van der Waals surface area contributed by atoms with Gasteiger partial charge in [-0.05, 0) is 73.7 Å². The number of hydrogen-bond acceptors (Lipinski definition) is 8. The molecule has 0 saturated carbocycles. The molecule has 4 aromatic rings. The number of ether oxygens (including phenoxy) is 1. The van der Waals surface area contributed by atoms with Crippen molar-refractivity contribution in [2.75, 3.05) is 17.7 Å². The average Bonchev–Trinajstić information content (AvgIpc) is 3.42. The molecule has 0 aliphatic rings. The highest BCUT2D eigenvalue weighted by molar-refractivity contribution is 8.00. The zero-order chi connectivity index (χ0) is 28.8. The number of nitrogens with zero attached hydrogens (tertiary/aromatic N) is 1. The summed E-state index contributed by atoms with van der Waals surface area (Å²) < 4.78 is 5.17. The molecule has 12 heteroatoms. The molecule has 0 bridgehead atoms. The largest absolute Gasteiger partial charge is 0.497 e. The van der Waals surface area contributed by atoms with Crippen molar-refractivity contribution in [3.8, 4) is 17.0 Å². The Kier molecular flexibility index (Phi) is 8.82. The predicted octanol–water partition coefficient (Wildman–Crippen LogP) is 5.59. The number of benzene rings is 3. The smallest absolute Gasteiger partial charge is 0.336 e. The van der Waals surface area contributed by atoms with Crippen molar-refractivity contribution in [2.24, 2.45) is 0 Å². The highest BCUT2D eigenvalue weighted by Crippen LogP contribution is 2.29. The van der Waals surface area contributed by atoms with Crippen LogP contribution in [0.1, 0.15) is 38.0 Å². The molecule has 0 fully saturated rings. The van der Waals surface area contributed by atoms with Crippen LogP contribution in [0.2, 0.25) is 0 Å². The molecule has 0 spiro atoms. The number of carbonyl (C=O) groups is 4. The summed E-state index contributed by atoms with van der Waals surface area (Å²) in [6, 6.07) is 17.4. The summed E-state index contributed by atoms with van der Waals surface area (Å²) in [6.07, 6.45) is 0. The second kappa shape index (κ2) is 12.5. The van der Waals surface area contributed by atoms with Gasteiger partial charge in [0.05, 0.1) is 34.7 Å². The second-order valence-electron chi connectivity index (χ2n) is 8.36. The van der Waals surface area contributed by atoms with E-state index in [4.69, 9.17) is 9.84 Å². The van der Waals surface area contributed by atoms with Crippen molar-refractivity contribution >= 4 is 57.7 Å². The number of thioether (sulfide) groups is 1. The lowest BCUT2D eigenvalue weighted by Gasteiger charge is -2.12. The average molecular weight is 578 g/mol. The van der Waals surface area contributed by atoms with E-state index in [1.54, 1.807) is 38.3 Å². The standard InChI is InChI=1S/C28H23N3O7S2/c1-15(24(32)31-28-30-23(14-39-28)16-3-8-19(38-2)9-4-16)40-20-10-6-18(7-11-20)29-25(33)21-12-5-17(26(34)35)13-22(21)27(36)37/h3-15H,1-2H3,(H,29,33)(H,34,35)(H,36,37)(H,30,31,32). The Bertz CT molecular complexity index is 1570. The Morgan fingerprint density at radius 2 is 1.60 bits per heavy atom. The van der Waals surface area contributed by atoms with Crippen molar-refractivity contribution in [1.82, 2.24) is 4.98 Å². The number of amides is 2. The molecule has 4 N–H and O–H groups in total. The van der Waals surface area contributed by atoms with Crippen LogP contribution in [-0.2, 0) is 4.79 Å². The summed E-state index contributed by atoms with van der Waals surface area (Å²) in [7, 11) is 1.60. The van der Waals surface area contributed by atoms with Crippen molar-refractivity contribution in [2.45, 2.75) is 17.1 Å². The number of carbonyl (C=O) groups excluding carboxylic acids is 2. The number of anilines is 2. The van der Waals surface area contributed by atoms with Gasteiger partial charge in [0.25, 0.3) is 5.91 Å². The molecule has 0 radical (unpaired) electrons. The minimum atomic E-state index is -1.41. The van der Waals surface area contributed by atoms with E-state index in [0.29, 0.717) is 10.8 Å². The van der Waals surface area contributed by atoms with Gasteiger partial charge in [0.1, 0.15) is 5.75 Å². The van der Waals surface area contributed by atoms with Gasteiger partial charge in [-0.2, -0.15) is 0 Å². The fourth-order valence-electron chi connectivity index (χ4n) is 3.56. The van der Waals surface area contributed by atoms with Gasteiger partial charge in [-0.25, -0.2) is 14.6 Å². The fraction of sp³-hybridized carbons (Fsp3) is 0.107. The number of rotatable bonds is 10. The third-order valence-corrected chi connectivity index (χ3v) is 7.53. The summed E-state index contributed by atoms with van der Waals surface area (Å²) in [4.78, 5) is 53.4. The molecule has 3 aromatic carbocycles. The molecule has 1 heterocycles. The van der Waals surface area contributed by atoms with Gasteiger partial charge in [-0.3, -0.25) is 9.59 Å². The molecular formula is C28H23N3O7S2. The van der Waals surface area contributed by atoms with Crippen LogP contribution in [0.15, 0.2) is 77.0 Å². The monoisotopic (exact) mass is 577 g/mol. The quantitative estimate of drug-likeness (QED) is 0.177. The number of hydrogen-bond donors (Lipinski definition) is 4. The van der Waals surface area contributed by atoms with Crippen LogP contribution in [-0.4, -0.2) is 51.3 Å². The second-order valence-corrected chi connectivity index (χ2v) is 10.6. The van der Waals surface area contributed by atoms with E-state index in [0.717, 1.165) is 34.0 Å². The van der Waals surface area contributed by atoms with Gasteiger partial charge >= 0.3 is 11.9 Å². The highest BCUT2D eigenvalue weighted by atomic mass is 32.2. The van der Waals surface area contributed by atoms with E-state index in [-0.39, 0.29) is 17.0 Å². The zero-order valence-corrected chi connectivity index (χ0v) is 22.8. The number of carboxylic acid groups (broad SMARTS) is 2. The summed E-state index contributed by atoms with van der Waals surface area (Å²) in [5.74, 6) is -2.88. The molecule has 0 aliphatic heterocycles. The molecule has 2 amide bonds. The van der Waals surface area contributed by atoms with Gasteiger partial charge in [0, 0.05) is 21.5 Å². The predicted molar refractivity (Wildman–Crippen MR) is 153 cm³/mol. The van der Waals surface area contributed by atoms with Crippen molar-refractivity contribution in [1.29, 1.82) is 0 Å². The Labute approximate surface area is 237 Å². The van der Waals surface area contributed by atoms with E-state index in [2.05, 4.69) is 15.6 Å². The van der Waals surface area contributed by atoms with Crippen LogP contribution >= 0.6 is 23.1 Å². The summed E-state index contributed by atoms with van der Waals surface area (Å²) in [5.41, 5.74) is 1.23. The lowest BCUT2D eigenvalue weighted by atomic mass is 10.0. The van der Waals surface area contributed by atoms with Gasteiger partial charge < -0.3 is 25.6 Å². The first-order valence-corrected chi connectivity index (χ1v) is 13.5. The summed E-state index contributed by atoms with van der Waals surface area (Å²) >= 11 is 2.65. The Morgan fingerprint density at radius 1 is 0.900 bits per heavy atom. The summed E-state index contributed by atoms with van der Waals surface area (Å²) in [5, 5.41) is 25.8. The number of carboxylic acids is 2. The lowest BCUT2D eigenvalue weighted by Crippen LogP contribution is -2.22. The van der Waals surface area contributed by atoms with Crippen molar-refractivity contribution in [3.63, 3.8) is 0 Å². The SMILES string of the molecule is COc1ccc(-c2csc(NC(=O)C(C)Sc3ccc(NC(=O)c4ccc(C(=O)O)cc4C(=O)O)cc3)n2)cc1. The van der Waals surface area contributed by atoms with Gasteiger partial charge in [0.2, 0.25) is 5.91 Å². The van der Waals surface area contributed by atoms with Gasteiger partial charge in [-0.15, -0.1) is 23.1 Å². The van der Waals surface area contributed by atoms with Crippen LogP contribution in [0.4, 0.5) is 10.8 Å². The number of methoxy groups -OCH3 is 1.